The molecule has 0 bridgehead atoms. The summed E-state index contributed by atoms with van der Waals surface area (Å²) in [5.74, 6) is 0.907. The van der Waals surface area contributed by atoms with E-state index in [2.05, 4.69) is 236 Å². The molecule has 0 aliphatic carbocycles. The van der Waals surface area contributed by atoms with Crippen LogP contribution in [0.2, 0.25) is 0 Å². The largest absolute Gasteiger partial charge is 0.294 e. The standard InChI is InChI=1S/C53H45N4Si/c1-38-18-11-12-25-45(38)39-32-33-54-52(34-39)57-48-27-14-13-26-46(48)47-31-30-44(36-51(47)57)58(41-20-7-5-8-21-41,42-22-9-6-10-23-42)43-24-17-19-40(35-43)55-37-56(53(2,3)4)50-29-16-15-28-49(50)55/h5-37H,1-4H3/q+1. The van der Waals surface area contributed by atoms with Crippen LogP contribution in [0.25, 0.3) is 55.5 Å². The fourth-order valence-corrected chi connectivity index (χ4v) is 14.0. The van der Waals surface area contributed by atoms with Crippen molar-refractivity contribution in [3.8, 4) is 22.6 Å². The lowest BCUT2D eigenvalue weighted by Crippen LogP contribution is -2.74. The number of rotatable bonds is 7. The molecule has 280 valence electrons. The number of nitrogens with zero attached hydrogens (tertiary/aromatic N) is 4. The molecule has 0 spiro atoms. The van der Waals surface area contributed by atoms with E-state index in [4.69, 9.17) is 4.98 Å². The maximum atomic E-state index is 5.06. The number of aryl methyl sites for hydroxylation is 1. The molecule has 3 heterocycles. The van der Waals surface area contributed by atoms with Crippen LogP contribution in [0, 0.1) is 6.92 Å². The van der Waals surface area contributed by atoms with Crippen molar-refractivity contribution in [2.75, 3.05) is 0 Å². The van der Waals surface area contributed by atoms with Gasteiger partial charge in [-0.15, -0.1) is 0 Å². The second kappa shape index (κ2) is 14.0. The van der Waals surface area contributed by atoms with E-state index in [0.717, 1.165) is 28.1 Å². The van der Waals surface area contributed by atoms with Gasteiger partial charge in [-0.1, -0.05) is 140 Å². The molecule has 10 rings (SSSR count). The van der Waals surface area contributed by atoms with Crippen molar-refractivity contribution in [3.05, 3.63) is 206 Å². The van der Waals surface area contributed by atoms with E-state index in [-0.39, 0.29) is 5.54 Å². The molecule has 5 heteroatoms. The number of hydrogen-bond acceptors (Lipinski definition) is 1. The number of hydrogen-bond donors (Lipinski definition) is 0. The zero-order valence-electron chi connectivity index (χ0n) is 33.3. The highest BCUT2D eigenvalue weighted by atomic mass is 28.3. The van der Waals surface area contributed by atoms with Gasteiger partial charge in [-0.2, -0.15) is 4.57 Å². The Balaban J connectivity index is 1.27. The van der Waals surface area contributed by atoms with Crippen LogP contribution in [-0.4, -0.2) is 22.2 Å². The van der Waals surface area contributed by atoms with Crippen LogP contribution in [-0.2, 0) is 5.54 Å². The van der Waals surface area contributed by atoms with E-state index in [9.17, 15) is 0 Å². The van der Waals surface area contributed by atoms with E-state index >= 15 is 0 Å². The Morgan fingerprint density at radius 3 is 1.88 bits per heavy atom. The lowest BCUT2D eigenvalue weighted by molar-refractivity contribution is -0.731. The molecule has 4 nitrogen and oxygen atoms in total. The van der Waals surface area contributed by atoms with Crippen molar-refractivity contribution in [2.24, 2.45) is 0 Å². The Morgan fingerprint density at radius 1 is 0.517 bits per heavy atom. The SMILES string of the molecule is Cc1ccccc1-c1ccnc(-n2c3ccccc3c3ccc([Si](c4ccccc4)(c4ccccc4)c4cccc(-n5c[n+](C(C)(C)C)c6ccccc65)c4)cc32)c1. The Labute approximate surface area is 341 Å². The van der Waals surface area contributed by atoms with Crippen molar-refractivity contribution in [1.29, 1.82) is 0 Å². The summed E-state index contributed by atoms with van der Waals surface area (Å²) in [4.78, 5) is 5.06. The quantitative estimate of drug-likeness (QED) is 0.0903. The van der Waals surface area contributed by atoms with E-state index in [0.29, 0.717) is 0 Å². The summed E-state index contributed by atoms with van der Waals surface area (Å²) >= 11 is 0. The van der Waals surface area contributed by atoms with Crippen LogP contribution in [0.1, 0.15) is 26.3 Å². The molecule has 58 heavy (non-hydrogen) atoms. The molecule has 0 atom stereocenters. The minimum Gasteiger partial charge on any atom is -0.294 e. The molecule has 0 radical (unpaired) electrons. The van der Waals surface area contributed by atoms with Crippen LogP contribution in [0.5, 0.6) is 0 Å². The van der Waals surface area contributed by atoms with Gasteiger partial charge in [0, 0.05) is 17.0 Å². The molecular formula is C53H45N4Si+. The van der Waals surface area contributed by atoms with Gasteiger partial charge in [-0.05, 0) is 114 Å². The topological polar surface area (TPSA) is 26.6 Å². The molecule has 0 aliphatic rings. The number of fused-ring (bicyclic) bond motifs is 4. The molecule has 0 unspecified atom stereocenters. The molecule has 0 amide bonds. The lowest BCUT2D eigenvalue weighted by Gasteiger charge is -2.34. The second-order valence-corrected chi connectivity index (χ2v) is 20.2. The minimum absolute atomic E-state index is 0.0861. The van der Waals surface area contributed by atoms with Crippen molar-refractivity contribution < 1.29 is 4.57 Å². The molecule has 0 fully saturated rings. The zero-order chi connectivity index (χ0) is 39.4. The third-order valence-electron chi connectivity index (χ3n) is 11.9. The maximum Gasteiger partial charge on any atom is 0.250 e. The summed E-state index contributed by atoms with van der Waals surface area (Å²) in [6.07, 6.45) is 4.23. The van der Waals surface area contributed by atoms with Crippen molar-refractivity contribution >= 4 is 61.7 Å². The third kappa shape index (κ3) is 5.73. The monoisotopic (exact) mass is 765 g/mol. The molecule has 10 aromatic rings. The van der Waals surface area contributed by atoms with Crippen molar-refractivity contribution in [3.63, 3.8) is 0 Å². The fourth-order valence-electron chi connectivity index (χ4n) is 9.17. The summed E-state index contributed by atoms with van der Waals surface area (Å²) in [5, 5.41) is 7.74. The summed E-state index contributed by atoms with van der Waals surface area (Å²) in [6.45, 7) is 8.99. The van der Waals surface area contributed by atoms with Crippen LogP contribution in [0.4, 0.5) is 0 Å². The number of aromatic nitrogens is 4. The number of para-hydroxylation sites is 3. The lowest BCUT2D eigenvalue weighted by atomic mass is 10.0. The van der Waals surface area contributed by atoms with Gasteiger partial charge in [0.25, 0.3) is 0 Å². The highest BCUT2D eigenvalue weighted by Crippen LogP contribution is 2.33. The van der Waals surface area contributed by atoms with Gasteiger partial charge in [0.05, 0.1) is 11.0 Å². The molecule has 0 N–H and O–H groups in total. The molecular weight excluding hydrogens is 721 g/mol. The smallest absolute Gasteiger partial charge is 0.250 e. The van der Waals surface area contributed by atoms with Gasteiger partial charge in [0.2, 0.25) is 6.33 Å². The average molecular weight is 766 g/mol. The Morgan fingerprint density at radius 2 is 1.14 bits per heavy atom. The van der Waals surface area contributed by atoms with Crippen LogP contribution >= 0.6 is 0 Å². The summed E-state index contributed by atoms with van der Waals surface area (Å²) in [5.41, 5.74) is 9.38. The Kier molecular flexibility index (Phi) is 8.57. The molecule has 7 aromatic carbocycles. The van der Waals surface area contributed by atoms with Gasteiger partial charge < -0.3 is 0 Å². The normalized spacial score (nSPS) is 12.1. The maximum absolute atomic E-state index is 5.06. The van der Waals surface area contributed by atoms with Crippen LogP contribution in [0.15, 0.2) is 201 Å². The molecule has 0 saturated heterocycles. The van der Waals surface area contributed by atoms with E-state index < -0.39 is 8.07 Å². The molecule has 0 saturated carbocycles. The highest BCUT2D eigenvalue weighted by molar-refractivity contribution is 7.20. The second-order valence-electron chi connectivity index (χ2n) is 16.3. The highest BCUT2D eigenvalue weighted by Gasteiger charge is 2.42. The number of pyridine rings is 1. The van der Waals surface area contributed by atoms with Crippen molar-refractivity contribution in [1.82, 2.24) is 14.1 Å². The molecule has 3 aromatic heterocycles. The van der Waals surface area contributed by atoms with E-state index in [1.807, 2.05) is 6.20 Å². The molecule has 0 aliphatic heterocycles. The van der Waals surface area contributed by atoms with Gasteiger partial charge in [0.1, 0.15) is 17.0 Å². The first-order chi connectivity index (χ1) is 28.3. The summed E-state index contributed by atoms with van der Waals surface area (Å²) in [7, 11) is -2.98. The first kappa shape index (κ1) is 35.6. The Bertz CT molecular complexity index is 3080. The van der Waals surface area contributed by atoms with Crippen molar-refractivity contribution in [2.45, 2.75) is 33.2 Å². The first-order valence-electron chi connectivity index (χ1n) is 20.1. The predicted molar refractivity (Wildman–Crippen MR) is 244 cm³/mol. The first-order valence-corrected chi connectivity index (χ1v) is 22.1. The third-order valence-corrected chi connectivity index (χ3v) is 16.6. The summed E-state index contributed by atoms with van der Waals surface area (Å²) in [6, 6.07) is 69.5. The number of imidazole rings is 1. The zero-order valence-corrected chi connectivity index (χ0v) is 34.3. The van der Waals surface area contributed by atoms with E-state index in [1.54, 1.807) is 0 Å². The van der Waals surface area contributed by atoms with Gasteiger partial charge in [-0.25, -0.2) is 9.55 Å². The average Bonchev–Trinajstić information content (AvgIpc) is 3.82. The van der Waals surface area contributed by atoms with Crippen LogP contribution in [0.3, 0.4) is 0 Å². The number of benzene rings is 7. The van der Waals surface area contributed by atoms with Gasteiger partial charge >= 0.3 is 0 Å². The minimum atomic E-state index is -2.98. The van der Waals surface area contributed by atoms with Gasteiger partial charge in [-0.3, -0.25) is 4.57 Å². The van der Waals surface area contributed by atoms with E-state index in [1.165, 1.54) is 53.7 Å². The Hall–Kier alpha value is -6.82. The predicted octanol–water partition coefficient (Wildman–Crippen LogP) is 9.52. The van der Waals surface area contributed by atoms with Crippen LogP contribution < -0.4 is 25.3 Å². The van der Waals surface area contributed by atoms with Gasteiger partial charge in [0.15, 0.2) is 19.1 Å². The summed E-state index contributed by atoms with van der Waals surface area (Å²) < 4.78 is 7.13. The fraction of sp³-hybridized carbons (Fsp3) is 0.0943.